The van der Waals surface area contributed by atoms with E-state index >= 15 is 0 Å². The molecule has 0 aromatic heterocycles. The maximum absolute atomic E-state index is 12.8. The summed E-state index contributed by atoms with van der Waals surface area (Å²) in [5, 5.41) is 0. The molecule has 0 saturated carbocycles. The van der Waals surface area contributed by atoms with E-state index in [4.69, 9.17) is 4.74 Å². The van der Waals surface area contributed by atoms with E-state index in [-0.39, 0.29) is 18.3 Å². The molecule has 2 heterocycles. The minimum Gasteiger partial charge on any atom is -0.381 e. The predicted octanol–water partition coefficient (Wildman–Crippen LogP) is 3.56. The number of carbonyl (C=O) groups excluding carboxylic acids is 1. The Kier molecular flexibility index (Phi) is 7.73. The Bertz CT molecular complexity index is 541. The van der Waals surface area contributed by atoms with Crippen molar-refractivity contribution in [1.82, 2.24) is 9.80 Å². The van der Waals surface area contributed by atoms with Crippen molar-refractivity contribution in [2.45, 2.75) is 45.1 Å². The van der Waals surface area contributed by atoms with E-state index in [1.807, 2.05) is 17.0 Å². The highest BCUT2D eigenvalue weighted by molar-refractivity contribution is 5.94. The molecule has 1 amide bonds. The molecule has 25 heavy (non-hydrogen) atoms. The average molecular weight is 367 g/mol. The highest BCUT2D eigenvalue weighted by Crippen LogP contribution is 2.27. The van der Waals surface area contributed by atoms with Crippen molar-refractivity contribution in [1.29, 1.82) is 0 Å². The zero-order valence-corrected chi connectivity index (χ0v) is 16.3. The molecule has 2 fully saturated rings. The van der Waals surface area contributed by atoms with E-state index in [9.17, 15) is 4.79 Å². The first-order valence-corrected chi connectivity index (χ1v) is 9.36. The van der Waals surface area contributed by atoms with Gasteiger partial charge in [0, 0.05) is 51.0 Å². The number of hydrogen-bond acceptors (Lipinski definition) is 3. The zero-order chi connectivity index (χ0) is 16.9. The molecule has 5 heteroatoms. The molecule has 140 valence electrons. The van der Waals surface area contributed by atoms with Crippen LogP contribution in [0.4, 0.5) is 0 Å². The van der Waals surface area contributed by atoms with E-state index < -0.39 is 0 Å². The van der Waals surface area contributed by atoms with Crippen LogP contribution in [-0.4, -0.2) is 61.1 Å². The van der Waals surface area contributed by atoms with Crippen molar-refractivity contribution in [3.8, 4) is 0 Å². The normalized spacial score (nSPS) is 20.2. The lowest BCUT2D eigenvalue weighted by Crippen LogP contribution is -2.37. The molecule has 0 N–H and O–H groups in total. The molecule has 0 bridgehead atoms. The van der Waals surface area contributed by atoms with Crippen LogP contribution in [0.15, 0.2) is 24.3 Å². The molecule has 0 unspecified atom stereocenters. The zero-order valence-electron chi connectivity index (χ0n) is 15.4. The Morgan fingerprint density at radius 1 is 1.04 bits per heavy atom. The fraction of sp³-hybridized carbons (Fsp3) is 0.650. The molecule has 0 radical (unpaired) electrons. The van der Waals surface area contributed by atoms with Crippen molar-refractivity contribution in [2.75, 3.05) is 39.4 Å². The average Bonchev–Trinajstić information content (AvgIpc) is 2.88. The second kappa shape index (κ2) is 9.56. The summed E-state index contributed by atoms with van der Waals surface area (Å²) in [6, 6.07) is 8.86. The van der Waals surface area contributed by atoms with Gasteiger partial charge in [-0.2, -0.15) is 0 Å². The summed E-state index contributed by atoms with van der Waals surface area (Å²) < 4.78 is 5.43. The lowest BCUT2D eigenvalue weighted by atomic mass is 9.91. The van der Waals surface area contributed by atoms with Crippen molar-refractivity contribution in [2.24, 2.45) is 0 Å². The van der Waals surface area contributed by atoms with Crippen LogP contribution in [0.1, 0.15) is 54.9 Å². The van der Waals surface area contributed by atoms with E-state index in [1.165, 1.54) is 5.56 Å². The Balaban J connectivity index is 0.00000225. The highest BCUT2D eigenvalue weighted by atomic mass is 35.5. The number of hydrogen-bond donors (Lipinski definition) is 0. The van der Waals surface area contributed by atoms with Gasteiger partial charge in [-0.25, -0.2) is 0 Å². The van der Waals surface area contributed by atoms with Gasteiger partial charge in [-0.3, -0.25) is 9.69 Å². The van der Waals surface area contributed by atoms with Gasteiger partial charge >= 0.3 is 0 Å². The van der Waals surface area contributed by atoms with Crippen LogP contribution in [0.3, 0.4) is 0 Å². The lowest BCUT2D eigenvalue weighted by molar-refractivity contribution is 0.0758. The van der Waals surface area contributed by atoms with Crippen molar-refractivity contribution in [3.05, 3.63) is 35.4 Å². The number of benzene rings is 1. The number of nitrogens with zero attached hydrogens (tertiary/aromatic N) is 2. The van der Waals surface area contributed by atoms with Crippen LogP contribution in [0, 0.1) is 0 Å². The van der Waals surface area contributed by atoms with Crippen LogP contribution in [0.2, 0.25) is 0 Å². The third-order valence-electron chi connectivity index (χ3n) is 5.40. The molecule has 0 aliphatic carbocycles. The van der Waals surface area contributed by atoms with Gasteiger partial charge in [0.05, 0.1) is 0 Å². The minimum atomic E-state index is 0. The van der Waals surface area contributed by atoms with Gasteiger partial charge in [-0.1, -0.05) is 12.1 Å². The molecular weight excluding hydrogens is 336 g/mol. The summed E-state index contributed by atoms with van der Waals surface area (Å²) in [7, 11) is 0. The molecule has 2 aliphatic rings. The predicted molar refractivity (Wildman–Crippen MR) is 104 cm³/mol. The van der Waals surface area contributed by atoms with Crippen LogP contribution < -0.4 is 0 Å². The van der Waals surface area contributed by atoms with Gasteiger partial charge in [0.25, 0.3) is 5.91 Å². The van der Waals surface area contributed by atoms with Crippen LogP contribution >= 0.6 is 12.4 Å². The first kappa shape index (κ1) is 20.2. The van der Waals surface area contributed by atoms with E-state index in [1.54, 1.807) is 0 Å². The van der Waals surface area contributed by atoms with Crippen LogP contribution in [0.5, 0.6) is 0 Å². The second-order valence-electron chi connectivity index (χ2n) is 7.28. The smallest absolute Gasteiger partial charge is 0.253 e. The summed E-state index contributed by atoms with van der Waals surface area (Å²) in [5.74, 6) is 0.764. The van der Waals surface area contributed by atoms with Crippen LogP contribution in [0.25, 0.3) is 0 Å². The fourth-order valence-corrected chi connectivity index (χ4v) is 3.77. The topological polar surface area (TPSA) is 32.8 Å². The largest absolute Gasteiger partial charge is 0.381 e. The third kappa shape index (κ3) is 5.19. The Morgan fingerprint density at radius 2 is 1.72 bits per heavy atom. The Labute approximate surface area is 157 Å². The first-order chi connectivity index (χ1) is 11.6. The monoisotopic (exact) mass is 366 g/mol. The van der Waals surface area contributed by atoms with Crippen molar-refractivity contribution < 1.29 is 9.53 Å². The Hall–Kier alpha value is -1.10. The summed E-state index contributed by atoms with van der Waals surface area (Å²) >= 11 is 0. The van der Waals surface area contributed by atoms with Gasteiger partial charge in [0.1, 0.15) is 0 Å². The van der Waals surface area contributed by atoms with Gasteiger partial charge in [-0.15, -0.1) is 12.4 Å². The number of amides is 1. The van der Waals surface area contributed by atoms with Crippen LogP contribution in [-0.2, 0) is 4.74 Å². The molecule has 2 aliphatic heterocycles. The maximum atomic E-state index is 12.8. The number of carbonyl (C=O) groups is 1. The number of ether oxygens (including phenoxy) is 1. The first-order valence-electron chi connectivity index (χ1n) is 9.36. The second-order valence-corrected chi connectivity index (χ2v) is 7.28. The summed E-state index contributed by atoms with van der Waals surface area (Å²) in [6.07, 6.45) is 3.24. The van der Waals surface area contributed by atoms with Crippen molar-refractivity contribution in [3.63, 3.8) is 0 Å². The standard InChI is InChI=1S/C20H30N2O2.ClH/c1-16(2)21-10-3-11-22(13-12-21)20(23)19-6-4-17(5-7-19)18-8-14-24-15-9-18;/h4-7,16,18H,3,8-15H2,1-2H3;1H. The molecule has 1 aromatic rings. The third-order valence-corrected chi connectivity index (χ3v) is 5.40. The highest BCUT2D eigenvalue weighted by Gasteiger charge is 2.22. The minimum absolute atomic E-state index is 0. The fourth-order valence-electron chi connectivity index (χ4n) is 3.77. The molecule has 4 nitrogen and oxygen atoms in total. The van der Waals surface area contributed by atoms with Crippen molar-refractivity contribution >= 4 is 18.3 Å². The van der Waals surface area contributed by atoms with E-state index in [2.05, 4.69) is 30.9 Å². The lowest BCUT2D eigenvalue weighted by Gasteiger charge is -2.25. The quantitative estimate of drug-likeness (QED) is 0.820. The van der Waals surface area contributed by atoms with Gasteiger partial charge in [0.2, 0.25) is 0 Å². The van der Waals surface area contributed by atoms with Gasteiger partial charge < -0.3 is 9.64 Å². The SMILES string of the molecule is CC(C)N1CCCN(C(=O)c2ccc(C3CCOCC3)cc2)CC1.Cl. The molecule has 0 spiro atoms. The number of rotatable bonds is 3. The van der Waals surface area contributed by atoms with E-state index in [0.29, 0.717) is 12.0 Å². The summed E-state index contributed by atoms with van der Waals surface area (Å²) in [4.78, 5) is 17.3. The number of halogens is 1. The van der Waals surface area contributed by atoms with E-state index in [0.717, 1.165) is 64.2 Å². The molecule has 3 rings (SSSR count). The summed E-state index contributed by atoms with van der Waals surface area (Å²) in [5.41, 5.74) is 2.17. The molecule has 2 saturated heterocycles. The molecule has 1 aromatic carbocycles. The molecule has 0 atom stereocenters. The summed E-state index contributed by atoms with van der Waals surface area (Å²) in [6.45, 7) is 9.92. The van der Waals surface area contributed by atoms with Gasteiger partial charge in [0.15, 0.2) is 0 Å². The Morgan fingerprint density at radius 3 is 2.36 bits per heavy atom. The maximum Gasteiger partial charge on any atom is 0.253 e. The molecular formula is C20H31ClN2O2. The van der Waals surface area contributed by atoms with Gasteiger partial charge in [-0.05, 0) is 56.7 Å².